The Kier molecular flexibility index (Phi) is 46.9. The molecule has 5 nitrogen and oxygen atoms in total. The molecule has 0 spiro atoms. The minimum atomic E-state index is -0.540. The minimum absolute atomic E-state index is 0.0760. The van der Waals surface area contributed by atoms with Crippen LogP contribution in [0, 0.1) is 0 Å². The molecule has 0 bridgehead atoms. The summed E-state index contributed by atoms with van der Waals surface area (Å²) in [5.74, 6) is -0.417. The van der Waals surface area contributed by atoms with Crippen molar-refractivity contribution in [2.45, 2.75) is 245 Å². The fraction of sp³-hybridized carbons (Fsp3) is 0.774. The van der Waals surface area contributed by atoms with E-state index in [9.17, 15) is 9.59 Å². The number of hydrogen-bond acceptors (Lipinski definition) is 5. The van der Waals surface area contributed by atoms with Gasteiger partial charge < -0.3 is 14.2 Å². The molecule has 336 valence electrons. The summed E-state index contributed by atoms with van der Waals surface area (Å²) < 4.78 is 17.3. The molecule has 0 rings (SSSR count). The lowest BCUT2D eigenvalue weighted by atomic mass is 10.1. The van der Waals surface area contributed by atoms with Gasteiger partial charge in [-0.2, -0.15) is 0 Å². The average Bonchev–Trinajstić information content (AvgIpc) is 3.22. The lowest BCUT2D eigenvalue weighted by molar-refractivity contribution is -0.163. The van der Waals surface area contributed by atoms with Crippen LogP contribution in [0.2, 0.25) is 0 Å². The summed E-state index contributed by atoms with van der Waals surface area (Å²) in [6.45, 7) is 7.67. The van der Waals surface area contributed by atoms with Crippen LogP contribution in [0.1, 0.15) is 239 Å². The van der Waals surface area contributed by atoms with Crippen LogP contribution >= 0.6 is 0 Å². The lowest BCUT2D eigenvalue weighted by Crippen LogP contribution is -2.30. The summed E-state index contributed by atoms with van der Waals surface area (Å²) in [7, 11) is 0. The molecule has 0 aromatic rings. The molecule has 0 amide bonds. The first kappa shape index (κ1) is 55.6. The van der Waals surface area contributed by atoms with Gasteiger partial charge >= 0.3 is 11.9 Å². The van der Waals surface area contributed by atoms with Crippen molar-refractivity contribution >= 4 is 11.9 Å². The number of carbonyl (C=O) groups is 2. The average molecular weight is 811 g/mol. The van der Waals surface area contributed by atoms with Crippen LogP contribution in [-0.4, -0.2) is 37.9 Å². The number of allylic oxidation sites excluding steroid dienone is 10. The molecule has 0 N–H and O–H groups in total. The molecule has 0 aliphatic heterocycles. The third kappa shape index (κ3) is 46.3. The molecule has 5 heteroatoms. The Bertz CT molecular complexity index is 1010. The predicted octanol–water partition coefficient (Wildman–Crippen LogP) is 16.6. The van der Waals surface area contributed by atoms with Crippen LogP contribution in [-0.2, 0) is 23.8 Å². The van der Waals surface area contributed by atoms with Crippen LogP contribution in [0.15, 0.2) is 60.8 Å². The smallest absolute Gasteiger partial charge is 0.306 e. The monoisotopic (exact) mass is 811 g/mol. The molecule has 0 aromatic carbocycles. The van der Waals surface area contributed by atoms with Crippen molar-refractivity contribution in [2.24, 2.45) is 0 Å². The van der Waals surface area contributed by atoms with E-state index in [1.54, 1.807) is 0 Å². The quantitative estimate of drug-likeness (QED) is 0.0348. The summed E-state index contributed by atoms with van der Waals surface area (Å²) in [6.07, 6.45) is 60.9. The third-order valence-electron chi connectivity index (χ3n) is 10.5. The number of unbranched alkanes of at least 4 members (excludes halogenated alkanes) is 24. The fourth-order valence-corrected chi connectivity index (χ4v) is 6.85. The van der Waals surface area contributed by atoms with Gasteiger partial charge in [-0.05, 0) is 83.5 Å². The molecule has 1 atom stereocenters. The van der Waals surface area contributed by atoms with Crippen molar-refractivity contribution in [1.29, 1.82) is 0 Å². The highest BCUT2D eigenvalue weighted by Gasteiger charge is 2.17. The maximum Gasteiger partial charge on any atom is 0.306 e. The highest BCUT2D eigenvalue weighted by atomic mass is 16.6. The van der Waals surface area contributed by atoms with Gasteiger partial charge in [0, 0.05) is 19.4 Å². The fourth-order valence-electron chi connectivity index (χ4n) is 6.85. The van der Waals surface area contributed by atoms with Gasteiger partial charge in [-0.15, -0.1) is 0 Å². The zero-order valence-corrected chi connectivity index (χ0v) is 38.6. The van der Waals surface area contributed by atoms with Crippen LogP contribution in [0.5, 0.6) is 0 Å². The van der Waals surface area contributed by atoms with Gasteiger partial charge in [0.05, 0.1) is 6.61 Å². The molecular weight excluding hydrogens is 717 g/mol. The van der Waals surface area contributed by atoms with Gasteiger partial charge in [-0.3, -0.25) is 9.59 Å². The first-order chi connectivity index (χ1) is 28.6. The van der Waals surface area contributed by atoms with E-state index in [-0.39, 0.29) is 25.2 Å². The van der Waals surface area contributed by atoms with Gasteiger partial charge in [-0.1, -0.05) is 204 Å². The number of hydrogen-bond donors (Lipinski definition) is 0. The largest absolute Gasteiger partial charge is 0.462 e. The summed E-state index contributed by atoms with van der Waals surface area (Å²) >= 11 is 0. The first-order valence-corrected chi connectivity index (χ1v) is 24.8. The van der Waals surface area contributed by atoms with Crippen LogP contribution in [0.4, 0.5) is 0 Å². The molecule has 0 heterocycles. The normalized spacial score (nSPS) is 12.7. The van der Waals surface area contributed by atoms with Crippen molar-refractivity contribution in [3.05, 3.63) is 60.8 Å². The Morgan fingerprint density at radius 2 is 0.776 bits per heavy atom. The first-order valence-electron chi connectivity index (χ1n) is 24.8. The second-order valence-electron chi connectivity index (χ2n) is 16.3. The maximum atomic E-state index is 12.7. The van der Waals surface area contributed by atoms with E-state index < -0.39 is 6.10 Å². The maximum absolute atomic E-state index is 12.7. The van der Waals surface area contributed by atoms with E-state index in [2.05, 4.69) is 81.5 Å². The number of ether oxygens (including phenoxy) is 3. The number of esters is 2. The van der Waals surface area contributed by atoms with Gasteiger partial charge in [0.25, 0.3) is 0 Å². The van der Waals surface area contributed by atoms with Crippen LogP contribution in [0.25, 0.3) is 0 Å². The van der Waals surface area contributed by atoms with Crippen LogP contribution < -0.4 is 0 Å². The Morgan fingerprint density at radius 3 is 1.26 bits per heavy atom. The summed E-state index contributed by atoms with van der Waals surface area (Å²) in [4.78, 5) is 25.3. The molecule has 0 saturated carbocycles. The highest BCUT2D eigenvalue weighted by Crippen LogP contribution is 2.14. The molecule has 0 saturated heterocycles. The topological polar surface area (TPSA) is 61.8 Å². The Balaban J connectivity index is 4.11. The van der Waals surface area contributed by atoms with Crippen molar-refractivity contribution < 1.29 is 23.8 Å². The molecular formula is C53H94O5. The zero-order chi connectivity index (χ0) is 42.1. The second kappa shape index (κ2) is 49.0. The van der Waals surface area contributed by atoms with E-state index in [1.807, 2.05) is 0 Å². The van der Waals surface area contributed by atoms with E-state index in [4.69, 9.17) is 14.2 Å². The molecule has 0 fully saturated rings. The van der Waals surface area contributed by atoms with E-state index in [0.29, 0.717) is 19.4 Å². The molecule has 58 heavy (non-hydrogen) atoms. The number of carbonyl (C=O) groups excluding carboxylic acids is 2. The molecule has 0 radical (unpaired) electrons. The standard InChI is InChI=1S/C53H94O5/c1-4-7-10-13-16-18-20-22-24-26-27-29-30-32-34-36-38-40-43-46-52(54)57-50-51(49-56-48-45-42-15-12-9-6-3)58-53(55)47-44-41-39-37-35-33-31-28-25-23-21-19-17-14-11-8-5-2/h7,10,16,18,22-25,27,29,51H,4-6,8-9,11-15,17,19-21,26,28,30-50H2,1-3H3/b10-7-,18-16-,24-22-,25-23-,29-27-. The Morgan fingerprint density at radius 1 is 0.397 bits per heavy atom. The highest BCUT2D eigenvalue weighted by molar-refractivity contribution is 5.70. The summed E-state index contributed by atoms with van der Waals surface area (Å²) in [6, 6.07) is 0. The zero-order valence-electron chi connectivity index (χ0n) is 38.6. The lowest BCUT2D eigenvalue weighted by Gasteiger charge is -2.18. The molecule has 0 aliphatic carbocycles. The van der Waals surface area contributed by atoms with Gasteiger partial charge in [0.15, 0.2) is 6.10 Å². The van der Waals surface area contributed by atoms with Crippen molar-refractivity contribution in [3.8, 4) is 0 Å². The van der Waals surface area contributed by atoms with Crippen molar-refractivity contribution in [2.75, 3.05) is 19.8 Å². The van der Waals surface area contributed by atoms with E-state index >= 15 is 0 Å². The summed E-state index contributed by atoms with van der Waals surface area (Å²) in [5.41, 5.74) is 0. The molecule has 1 unspecified atom stereocenters. The van der Waals surface area contributed by atoms with Gasteiger partial charge in [0.2, 0.25) is 0 Å². The van der Waals surface area contributed by atoms with E-state index in [0.717, 1.165) is 83.5 Å². The van der Waals surface area contributed by atoms with Crippen molar-refractivity contribution in [1.82, 2.24) is 0 Å². The van der Waals surface area contributed by atoms with Gasteiger partial charge in [-0.25, -0.2) is 0 Å². The Labute approximate surface area is 360 Å². The van der Waals surface area contributed by atoms with Gasteiger partial charge in [0.1, 0.15) is 6.61 Å². The summed E-state index contributed by atoms with van der Waals surface area (Å²) in [5, 5.41) is 0. The number of rotatable bonds is 45. The molecule has 0 aliphatic rings. The SMILES string of the molecule is CC/C=C\C/C=C\C/C=C\C/C=C\CCCCCCCCC(=O)OCC(COCCCCCCCC)OC(=O)CCCCCCCCC/C=C\CCCCCCCC. The molecule has 0 aromatic heterocycles. The minimum Gasteiger partial charge on any atom is -0.462 e. The Hall–Kier alpha value is -2.40. The second-order valence-corrected chi connectivity index (χ2v) is 16.3. The van der Waals surface area contributed by atoms with E-state index in [1.165, 1.54) is 122 Å². The predicted molar refractivity (Wildman–Crippen MR) is 251 cm³/mol. The van der Waals surface area contributed by atoms with Crippen LogP contribution in [0.3, 0.4) is 0 Å². The third-order valence-corrected chi connectivity index (χ3v) is 10.5. The van der Waals surface area contributed by atoms with Crippen molar-refractivity contribution in [3.63, 3.8) is 0 Å².